The van der Waals surface area contributed by atoms with Gasteiger partial charge in [-0.05, 0) is 55.1 Å². The van der Waals surface area contributed by atoms with Gasteiger partial charge in [-0.25, -0.2) is 13.2 Å². The number of rotatable bonds is 4. The van der Waals surface area contributed by atoms with Gasteiger partial charge >= 0.3 is 12.1 Å². The Balaban J connectivity index is 0.000000396. The highest BCUT2D eigenvalue weighted by molar-refractivity contribution is 7.90. The zero-order valence-electron chi connectivity index (χ0n) is 16.4. The molecule has 1 atom stereocenters. The summed E-state index contributed by atoms with van der Waals surface area (Å²) in [5, 5.41) is 10.5. The van der Waals surface area contributed by atoms with E-state index in [1.54, 1.807) is 12.1 Å². The lowest BCUT2D eigenvalue weighted by atomic mass is 9.76. The molecule has 1 heterocycles. The van der Waals surface area contributed by atoms with E-state index in [0.717, 1.165) is 25.9 Å². The molecular weight excluding hydrogens is 419 g/mol. The minimum atomic E-state index is -5.08. The van der Waals surface area contributed by atoms with Crippen LogP contribution in [0.1, 0.15) is 29.9 Å². The largest absolute Gasteiger partial charge is 0.490 e. The molecule has 1 unspecified atom stereocenters. The average molecular weight is 443 g/mol. The van der Waals surface area contributed by atoms with Gasteiger partial charge in [-0.2, -0.15) is 13.2 Å². The molecule has 3 rings (SSSR count). The third-order valence-electron chi connectivity index (χ3n) is 4.92. The van der Waals surface area contributed by atoms with Crippen molar-refractivity contribution in [3.8, 4) is 0 Å². The second-order valence-corrected chi connectivity index (χ2v) is 9.14. The van der Waals surface area contributed by atoms with Crippen LogP contribution in [0.2, 0.25) is 0 Å². The maximum atomic E-state index is 11.7. The van der Waals surface area contributed by atoms with E-state index < -0.39 is 22.0 Å². The minimum absolute atomic E-state index is 0.326. The number of carboxylic acid groups (broad SMARTS) is 1. The smallest absolute Gasteiger partial charge is 0.475 e. The summed E-state index contributed by atoms with van der Waals surface area (Å²) in [6, 6.07) is 18.0. The van der Waals surface area contributed by atoms with Crippen LogP contribution in [0.4, 0.5) is 13.2 Å². The van der Waals surface area contributed by atoms with Crippen molar-refractivity contribution >= 4 is 15.8 Å². The van der Waals surface area contributed by atoms with Crippen LogP contribution in [0, 0.1) is 5.92 Å². The van der Waals surface area contributed by atoms with Gasteiger partial charge in [-0.15, -0.1) is 0 Å². The summed E-state index contributed by atoms with van der Waals surface area (Å²) in [5.74, 6) is -1.85. The lowest BCUT2D eigenvalue weighted by Gasteiger charge is -2.31. The number of aliphatic carboxylic acids is 1. The quantitative estimate of drug-likeness (QED) is 0.750. The first kappa shape index (κ1) is 23.9. The Kier molecular flexibility index (Phi) is 8.03. The van der Waals surface area contributed by atoms with E-state index in [9.17, 15) is 21.6 Å². The van der Waals surface area contributed by atoms with Crippen molar-refractivity contribution in [2.24, 2.45) is 5.92 Å². The van der Waals surface area contributed by atoms with E-state index in [1.165, 1.54) is 17.4 Å². The number of nitrogens with one attached hydrogen (secondary N) is 1. The molecule has 0 spiro atoms. The first-order valence-electron chi connectivity index (χ1n) is 9.36. The van der Waals surface area contributed by atoms with E-state index in [4.69, 9.17) is 9.90 Å². The molecule has 0 saturated carbocycles. The Bertz CT molecular complexity index is 923. The normalized spacial score (nSPS) is 16.3. The van der Waals surface area contributed by atoms with Crippen molar-refractivity contribution in [2.45, 2.75) is 29.8 Å². The van der Waals surface area contributed by atoms with E-state index >= 15 is 0 Å². The number of hydrogen-bond acceptors (Lipinski definition) is 4. The molecule has 0 amide bonds. The molecule has 2 aromatic rings. The molecular formula is C21H24F3NO4S. The van der Waals surface area contributed by atoms with Gasteiger partial charge in [0.1, 0.15) is 0 Å². The summed E-state index contributed by atoms with van der Waals surface area (Å²) in [5.41, 5.74) is 2.52. The van der Waals surface area contributed by atoms with Gasteiger partial charge in [-0.1, -0.05) is 42.5 Å². The molecule has 0 radical (unpaired) electrons. The highest BCUT2D eigenvalue weighted by Crippen LogP contribution is 2.37. The predicted molar refractivity (Wildman–Crippen MR) is 107 cm³/mol. The lowest BCUT2D eigenvalue weighted by molar-refractivity contribution is -0.192. The predicted octanol–water partition coefficient (Wildman–Crippen LogP) is 3.85. The summed E-state index contributed by atoms with van der Waals surface area (Å²) in [6.07, 6.45) is -1.54. The first-order chi connectivity index (χ1) is 14.0. The van der Waals surface area contributed by atoms with Crippen molar-refractivity contribution < 1.29 is 31.5 Å². The third-order valence-corrected chi connectivity index (χ3v) is 6.05. The fourth-order valence-corrected chi connectivity index (χ4v) is 4.13. The molecule has 164 valence electrons. The van der Waals surface area contributed by atoms with Gasteiger partial charge in [0.05, 0.1) is 4.90 Å². The number of carboxylic acids is 1. The zero-order valence-corrected chi connectivity index (χ0v) is 17.2. The summed E-state index contributed by atoms with van der Waals surface area (Å²) in [6.45, 7) is 2.10. The Morgan fingerprint density at radius 2 is 1.47 bits per heavy atom. The van der Waals surface area contributed by atoms with E-state index in [1.807, 2.05) is 18.2 Å². The van der Waals surface area contributed by atoms with Crippen LogP contribution >= 0.6 is 0 Å². The van der Waals surface area contributed by atoms with Gasteiger partial charge in [0.25, 0.3) is 0 Å². The molecule has 1 saturated heterocycles. The van der Waals surface area contributed by atoms with Crippen LogP contribution in [0.15, 0.2) is 59.5 Å². The number of halogens is 3. The minimum Gasteiger partial charge on any atom is -0.475 e. The summed E-state index contributed by atoms with van der Waals surface area (Å²) < 4.78 is 55.1. The number of piperidine rings is 1. The summed E-state index contributed by atoms with van der Waals surface area (Å²) in [7, 11) is -3.14. The summed E-state index contributed by atoms with van der Waals surface area (Å²) in [4.78, 5) is 9.28. The highest BCUT2D eigenvalue weighted by atomic mass is 32.2. The van der Waals surface area contributed by atoms with Gasteiger partial charge in [0.2, 0.25) is 0 Å². The van der Waals surface area contributed by atoms with Crippen molar-refractivity contribution in [1.29, 1.82) is 0 Å². The molecule has 5 nitrogen and oxygen atoms in total. The van der Waals surface area contributed by atoms with Crippen molar-refractivity contribution in [3.05, 3.63) is 65.7 Å². The average Bonchev–Trinajstić information content (AvgIpc) is 2.69. The van der Waals surface area contributed by atoms with Gasteiger partial charge in [-0.3, -0.25) is 0 Å². The Hall–Kier alpha value is -2.39. The molecule has 0 aromatic heterocycles. The molecule has 0 bridgehead atoms. The number of alkyl halides is 3. The SMILES string of the molecule is CS(=O)(=O)c1ccc(C(c2ccccc2)C2CCNCC2)cc1.O=C(O)C(F)(F)F. The monoisotopic (exact) mass is 443 g/mol. The Morgan fingerprint density at radius 1 is 1.00 bits per heavy atom. The zero-order chi connectivity index (χ0) is 22.4. The third kappa shape index (κ3) is 6.84. The molecule has 2 aromatic carbocycles. The van der Waals surface area contributed by atoms with Crippen LogP contribution < -0.4 is 5.32 Å². The van der Waals surface area contributed by atoms with E-state index in [0.29, 0.717) is 16.7 Å². The second-order valence-electron chi connectivity index (χ2n) is 7.12. The highest BCUT2D eigenvalue weighted by Gasteiger charge is 2.38. The topological polar surface area (TPSA) is 83.5 Å². The molecule has 1 aliphatic rings. The second kappa shape index (κ2) is 10.1. The molecule has 0 aliphatic carbocycles. The summed E-state index contributed by atoms with van der Waals surface area (Å²) >= 11 is 0. The van der Waals surface area contributed by atoms with Gasteiger partial charge in [0.15, 0.2) is 9.84 Å². The molecule has 30 heavy (non-hydrogen) atoms. The molecule has 9 heteroatoms. The van der Waals surface area contributed by atoms with Crippen LogP contribution in [0.3, 0.4) is 0 Å². The van der Waals surface area contributed by atoms with Gasteiger partial charge in [0, 0.05) is 12.2 Å². The number of sulfone groups is 1. The fourth-order valence-electron chi connectivity index (χ4n) is 3.50. The molecule has 1 aliphatic heterocycles. The molecule has 1 fully saturated rings. The van der Waals surface area contributed by atoms with Crippen molar-refractivity contribution in [2.75, 3.05) is 19.3 Å². The Morgan fingerprint density at radius 3 is 1.90 bits per heavy atom. The maximum Gasteiger partial charge on any atom is 0.490 e. The Labute approximate surface area is 173 Å². The number of hydrogen-bond donors (Lipinski definition) is 2. The number of carbonyl (C=O) groups is 1. The van der Waals surface area contributed by atoms with Crippen molar-refractivity contribution in [3.63, 3.8) is 0 Å². The van der Waals surface area contributed by atoms with Gasteiger partial charge < -0.3 is 10.4 Å². The lowest BCUT2D eigenvalue weighted by Crippen LogP contribution is -2.31. The van der Waals surface area contributed by atoms with Crippen LogP contribution in [0.25, 0.3) is 0 Å². The fraction of sp³-hybridized carbons (Fsp3) is 0.381. The van der Waals surface area contributed by atoms with E-state index in [-0.39, 0.29) is 0 Å². The number of benzene rings is 2. The van der Waals surface area contributed by atoms with Crippen LogP contribution in [0.5, 0.6) is 0 Å². The first-order valence-corrected chi connectivity index (χ1v) is 11.2. The standard InChI is InChI=1S/C19H23NO2S.C2HF3O2/c1-23(21,22)18-9-7-16(8-10-18)19(15-5-3-2-4-6-15)17-11-13-20-14-12-17;3-2(4,5)1(6)7/h2-10,17,19-20H,11-14H2,1H3;(H,6,7). The molecule has 2 N–H and O–H groups in total. The van der Waals surface area contributed by atoms with E-state index in [2.05, 4.69) is 29.6 Å². The van der Waals surface area contributed by atoms with Crippen LogP contribution in [-0.4, -0.2) is 45.0 Å². The maximum absolute atomic E-state index is 11.7. The van der Waals surface area contributed by atoms with Crippen LogP contribution in [-0.2, 0) is 14.6 Å². The van der Waals surface area contributed by atoms with Crippen molar-refractivity contribution in [1.82, 2.24) is 5.32 Å².